The maximum absolute atomic E-state index is 12.7. The normalized spacial score (nSPS) is 24.6. The van der Waals surface area contributed by atoms with Crippen molar-refractivity contribution in [2.45, 2.75) is 31.9 Å². The van der Waals surface area contributed by atoms with Crippen molar-refractivity contribution in [3.05, 3.63) is 29.3 Å². The molecular weight excluding hydrogens is 278 g/mol. The number of benzene rings is 1. The second-order valence-electron chi connectivity index (χ2n) is 6.16. The molecule has 0 unspecified atom stereocenters. The van der Waals surface area contributed by atoms with Crippen LogP contribution >= 0.6 is 0 Å². The minimum Gasteiger partial charge on any atom is -0.384 e. The molecule has 0 aromatic heterocycles. The Morgan fingerprint density at radius 2 is 2.32 bits per heavy atom. The largest absolute Gasteiger partial charge is 0.384 e. The van der Waals surface area contributed by atoms with Gasteiger partial charge in [0.25, 0.3) is 5.91 Å². The number of aryl methyl sites for hydroxylation is 1. The van der Waals surface area contributed by atoms with E-state index in [0.717, 1.165) is 43.7 Å². The molecule has 0 radical (unpaired) electrons. The summed E-state index contributed by atoms with van der Waals surface area (Å²) in [5, 5.41) is 6.54. The number of para-hydroxylation sites is 1. The minimum atomic E-state index is -0.00347. The number of likely N-dealkylation sites (tertiary alicyclic amines) is 1. The molecule has 2 N–H and O–H groups in total. The van der Waals surface area contributed by atoms with Gasteiger partial charge in [-0.05, 0) is 38.4 Å². The van der Waals surface area contributed by atoms with Crippen LogP contribution in [-0.2, 0) is 11.2 Å². The summed E-state index contributed by atoms with van der Waals surface area (Å²) in [4.78, 5) is 14.9. The summed E-state index contributed by atoms with van der Waals surface area (Å²) in [5.74, 6) is -0.00347. The topological polar surface area (TPSA) is 53.6 Å². The van der Waals surface area contributed by atoms with Gasteiger partial charge in [-0.15, -0.1) is 0 Å². The van der Waals surface area contributed by atoms with E-state index < -0.39 is 0 Å². The van der Waals surface area contributed by atoms with Crippen LogP contribution in [0.15, 0.2) is 18.2 Å². The van der Waals surface area contributed by atoms with Gasteiger partial charge >= 0.3 is 0 Å². The lowest BCUT2D eigenvalue weighted by Gasteiger charge is -2.23. The molecule has 0 spiro atoms. The van der Waals surface area contributed by atoms with E-state index >= 15 is 0 Å². The number of nitrogens with zero attached hydrogens (tertiary/aromatic N) is 1. The first kappa shape index (κ1) is 15.3. The summed E-state index contributed by atoms with van der Waals surface area (Å²) in [6, 6.07) is 6.03. The standard InChI is InChI=1S/C17H25N3O2/c1-3-22-15-11-20(2)10-14(15)19-17(21)13-8-4-6-12-7-5-9-18-16(12)13/h4,6,8,14-15,18H,3,5,7,9-11H2,1-2H3,(H,19,21)/t14-,15-/m0/s1. The zero-order valence-corrected chi connectivity index (χ0v) is 13.4. The van der Waals surface area contributed by atoms with Crippen molar-refractivity contribution in [2.24, 2.45) is 0 Å². The van der Waals surface area contributed by atoms with Crippen LogP contribution in [0.25, 0.3) is 0 Å². The number of rotatable bonds is 4. The smallest absolute Gasteiger partial charge is 0.253 e. The third kappa shape index (κ3) is 3.10. The molecule has 1 aromatic rings. The van der Waals surface area contributed by atoms with Gasteiger partial charge in [0.1, 0.15) is 0 Å². The van der Waals surface area contributed by atoms with Crippen molar-refractivity contribution in [1.82, 2.24) is 10.2 Å². The third-order valence-corrected chi connectivity index (χ3v) is 4.47. The van der Waals surface area contributed by atoms with Crippen LogP contribution < -0.4 is 10.6 Å². The second-order valence-corrected chi connectivity index (χ2v) is 6.16. The molecular formula is C17H25N3O2. The number of amides is 1. The molecule has 2 aliphatic rings. The van der Waals surface area contributed by atoms with E-state index in [9.17, 15) is 4.79 Å². The lowest BCUT2D eigenvalue weighted by molar-refractivity contribution is 0.0513. The van der Waals surface area contributed by atoms with Crippen LogP contribution in [0.3, 0.4) is 0 Å². The third-order valence-electron chi connectivity index (χ3n) is 4.47. The number of likely N-dealkylation sites (N-methyl/N-ethyl adjacent to an activating group) is 1. The zero-order chi connectivity index (χ0) is 15.5. The van der Waals surface area contributed by atoms with Gasteiger partial charge in [-0.1, -0.05) is 12.1 Å². The number of carbonyl (C=O) groups is 1. The van der Waals surface area contributed by atoms with Gasteiger partial charge in [0.2, 0.25) is 0 Å². The molecule has 0 bridgehead atoms. The van der Waals surface area contributed by atoms with Crippen LogP contribution in [0.5, 0.6) is 0 Å². The van der Waals surface area contributed by atoms with Crippen molar-refractivity contribution in [1.29, 1.82) is 0 Å². The Morgan fingerprint density at radius 3 is 3.14 bits per heavy atom. The molecule has 1 saturated heterocycles. The molecule has 5 nitrogen and oxygen atoms in total. The van der Waals surface area contributed by atoms with E-state index in [4.69, 9.17) is 4.74 Å². The Labute approximate surface area is 132 Å². The lowest BCUT2D eigenvalue weighted by atomic mass is 9.99. The predicted molar refractivity (Wildman–Crippen MR) is 87.4 cm³/mol. The molecule has 22 heavy (non-hydrogen) atoms. The van der Waals surface area contributed by atoms with Gasteiger partial charge in [-0.25, -0.2) is 0 Å². The van der Waals surface area contributed by atoms with Crippen molar-refractivity contribution in [2.75, 3.05) is 38.6 Å². The molecule has 5 heteroatoms. The Balaban J connectivity index is 1.74. The van der Waals surface area contributed by atoms with Crippen LogP contribution in [0.1, 0.15) is 29.3 Å². The highest BCUT2D eigenvalue weighted by molar-refractivity contribution is 6.00. The number of hydrogen-bond donors (Lipinski definition) is 2. The van der Waals surface area contributed by atoms with Gasteiger partial charge in [0.15, 0.2) is 0 Å². The lowest BCUT2D eigenvalue weighted by Crippen LogP contribution is -2.44. The quantitative estimate of drug-likeness (QED) is 0.885. The first-order valence-electron chi connectivity index (χ1n) is 8.15. The molecule has 0 aliphatic carbocycles. The van der Waals surface area contributed by atoms with Gasteiger partial charge < -0.3 is 20.3 Å². The fourth-order valence-electron chi connectivity index (χ4n) is 3.43. The monoisotopic (exact) mass is 303 g/mol. The van der Waals surface area contributed by atoms with Gasteiger partial charge in [0, 0.05) is 26.2 Å². The summed E-state index contributed by atoms with van der Waals surface area (Å²) >= 11 is 0. The fourth-order valence-corrected chi connectivity index (χ4v) is 3.43. The molecule has 2 heterocycles. The van der Waals surface area contributed by atoms with Crippen molar-refractivity contribution in [3.63, 3.8) is 0 Å². The number of nitrogens with one attached hydrogen (secondary N) is 2. The maximum Gasteiger partial charge on any atom is 0.253 e. The molecule has 1 amide bonds. The van der Waals surface area contributed by atoms with Gasteiger partial charge in [-0.3, -0.25) is 4.79 Å². The molecule has 2 aliphatic heterocycles. The van der Waals surface area contributed by atoms with E-state index in [1.807, 2.05) is 19.1 Å². The fraction of sp³-hybridized carbons (Fsp3) is 0.588. The van der Waals surface area contributed by atoms with Crippen LogP contribution in [0, 0.1) is 0 Å². The highest BCUT2D eigenvalue weighted by Crippen LogP contribution is 2.26. The minimum absolute atomic E-state index is 0.00347. The maximum atomic E-state index is 12.7. The van der Waals surface area contributed by atoms with Crippen molar-refractivity contribution in [3.8, 4) is 0 Å². The van der Waals surface area contributed by atoms with Crippen LogP contribution in [0.2, 0.25) is 0 Å². The average Bonchev–Trinajstić information content (AvgIpc) is 2.86. The summed E-state index contributed by atoms with van der Waals surface area (Å²) in [7, 11) is 2.06. The van der Waals surface area contributed by atoms with E-state index in [1.54, 1.807) is 0 Å². The van der Waals surface area contributed by atoms with E-state index in [-0.39, 0.29) is 18.1 Å². The Morgan fingerprint density at radius 1 is 1.45 bits per heavy atom. The van der Waals surface area contributed by atoms with E-state index in [1.165, 1.54) is 5.56 Å². The van der Waals surface area contributed by atoms with Crippen molar-refractivity contribution >= 4 is 11.6 Å². The summed E-state index contributed by atoms with van der Waals surface area (Å²) in [6.07, 6.45) is 2.24. The SMILES string of the molecule is CCO[C@H]1CN(C)C[C@@H]1NC(=O)c1cccc2c1NCCC2. The highest BCUT2D eigenvalue weighted by Gasteiger charge is 2.33. The highest BCUT2D eigenvalue weighted by atomic mass is 16.5. The van der Waals surface area contributed by atoms with Crippen LogP contribution in [-0.4, -0.2) is 56.2 Å². The molecule has 120 valence electrons. The molecule has 0 saturated carbocycles. The predicted octanol–water partition coefficient (Wildman–Crippen LogP) is 1.49. The number of fused-ring (bicyclic) bond motifs is 1. The Bertz CT molecular complexity index is 547. The first-order chi connectivity index (χ1) is 10.7. The van der Waals surface area contributed by atoms with E-state index in [0.29, 0.717) is 6.61 Å². The van der Waals surface area contributed by atoms with Crippen molar-refractivity contribution < 1.29 is 9.53 Å². The Kier molecular flexibility index (Phi) is 4.64. The van der Waals surface area contributed by atoms with Gasteiger partial charge in [-0.2, -0.15) is 0 Å². The zero-order valence-electron chi connectivity index (χ0n) is 13.4. The summed E-state index contributed by atoms with van der Waals surface area (Å²) < 4.78 is 5.76. The first-order valence-corrected chi connectivity index (χ1v) is 8.15. The van der Waals surface area contributed by atoms with E-state index in [2.05, 4.69) is 28.6 Å². The number of carbonyl (C=O) groups excluding carboxylic acids is 1. The number of anilines is 1. The van der Waals surface area contributed by atoms with Crippen LogP contribution in [0.4, 0.5) is 5.69 Å². The number of hydrogen-bond acceptors (Lipinski definition) is 4. The summed E-state index contributed by atoms with van der Waals surface area (Å²) in [5.41, 5.74) is 3.00. The molecule has 1 aromatic carbocycles. The Hall–Kier alpha value is -1.59. The number of ether oxygens (including phenoxy) is 1. The molecule has 3 rings (SSSR count). The molecule has 1 fully saturated rings. The van der Waals surface area contributed by atoms with Gasteiger partial charge in [0.05, 0.1) is 23.4 Å². The molecule has 2 atom stereocenters. The average molecular weight is 303 g/mol. The summed E-state index contributed by atoms with van der Waals surface area (Å²) in [6.45, 7) is 5.30. The second kappa shape index (κ2) is 6.67.